The van der Waals surface area contributed by atoms with Gasteiger partial charge in [0.25, 0.3) is 0 Å². The number of aliphatic hydroxyl groups excluding tert-OH is 1. The summed E-state index contributed by atoms with van der Waals surface area (Å²) in [6, 6.07) is 7.32. The largest absolute Gasteiger partial charge is 0.386 e. The number of nitrogens with one attached hydrogen (secondary N) is 3. The van der Waals surface area contributed by atoms with E-state index in [1.165, 1.54) is 0 Å². The normalized spacial score (nSPS) is 25.9. The molecule has 1 saturated carbocycles. The number of carbonyl (C=O) groups is 4. The van der Waals surface area contributed by atoms with Crippen molar-refractivity contribution in [1.29, 1.82) is 0 Å². The molecule has 292 valence electrons. The van der Waals surface area contributed by atoms with Crippen LogP contribution in [0.2, 0.25) is 0 Å². The summed E-state index contributed by atoms with van der Waals surface area (Å²) in [4.78, 5) is 58.7. The third kappa shape index (κ3) is 9.53. The van der Waals surface area contributed by atoms with Crippen LogP contribution < -0.4 is 16.0 Å². The number of likely N-dealkylation sites (N-methyl/N-ethyl adjacent to an activating group) is 1. The number of aliphatic hydroxyl groups is 1. The smallest absolute Gasteiger partial charge is 0.245 e. The number of likely N-dealkylation sites (tertiary alicyclic amines) is 1. The van der Waals surface area contributed by atoms with Crippen LogP contribution in [0.25, 0.3) is 0 Å². The zero-order valence-electron chi connectivity index (χ0n) is 32.8. The predicted molar refractivity (Wildman–Crippen MR) is 200 cm³/mol. The van der Waals surface area contributed by atoms with Gasteiger partial charge in [-0.2, -0.15) is 0 Å². The Morgan fingerprint density at radius 3 is 2.25 bits per heavy atom. The average Bonchev–Trinajstić information content (AvgIpc) is 3.92. The molecular formula is C40H65N5O7. The Hall–Kier alpha value is -3.06. The number of piperidine rings is 1. The number of carbonyl (C=O) groups excluding carboxylic acids is 4. The maximum absolute atomic E-state index is 14.2. The molecule has 2 heterocycles. The van der Waals surface area contributed by atoms with E-state index < -0.39 is 42.4 Å². The number of hydrogen-bond acceptors (Lipinski definition) is 8. The molecule has 0 radical (unpaired) electrons. The van der Waals surface area contributed by atoms with Crippen LogP contribution in [0.4, 0.5) is 0 Å². The molecule has 1 aliphatic carbocycles. The molecule has 12 heteroatoms. The fourth-order valence-corrected chi connectivity index (χ4v) is 8.81. The highest BCUT2D eigenvalue weighted by atomic mass is 16.5. The van der Waals surface area contributed by atoms with E-state index in [0.717, 1.165) is 32.1 Å². The van der Waals surface area contributed by atoms with Gasteiger partial charge in [-0.25, -0.2) is 0 Å². The monoisotopic (exact) mass is 727 g/mol. The fourth-order valence-electron chi connectivity index (χ4n) is 8.81. The molecule has 3 fully saturated rings. The quantitative estimate of drug-likeness (QED) is 0.180. The Labute approximate surface area is 311 Å². The topological polar surface area (TPSA) is 150 Å². The van der Waals surface area contributed by atoms with E-state index in [2.05, 4.69) is 29.8 Å². The van der Waals surface area contributed by atoms with Crippen LogP contribution in [0.5, 0.6) is 0 Å². The summed E-state index contributed by atoms with van der Waals surface area (Å²) in [5.74, 6) is -1.13. The molecule has 2 unspecified atom stereocenters. The molecule has 0 aromatic heterocycles. The molecule has 52 heavy (non-hydrogen) atoms. The zero-order chi connectivity index (χ0) is 38.3. The van der Waals surface area contributed by atoms with Crippen LogP contribution in [0.15, 0.2) is 30.3 Å². The molecule has 4 N–H and O–H groups in total. The second-order valence-electron chi connectivity index (χ2n) is 15.9. The van der Waals surface area contributed by atoms with Crippen molar-refractivity contribution in [2.45, 2.75) is 141 Å². The standard InChI is InChI=1S/C40H65N5O7/c1-10-24(4)35(44(7)40(50)33(23(2)3)43-39(49)34-28-18-19-29(21-28)42-34)31(51-8)22-32(46)45-20-14-17-30(45)37(52-9)25(5)38(48)41-26(6)36(47)27-15-12-11-13-16-27/h11-13,15-16,23-26,28-31,33-37,42,47H,10,14,17-22H2,1-9H3,(H,41,48)(H,43,49)/t24-,25+,26+,28-,29+,30?,31+,33?,34-,35-,36+,37+/m0/s1. The molecule has 3 aliphatic rings. The molecule has 2 saturated heterocycles. The number of amides is 4. The lowest BCUT2D eigenvalue weighted by Crippen LogP contribution is -2.59. The van der Waals surface area contributed by atoms with E-state index in [1.807, 2.05) is 44.2 Å². The number of benzene rings is 1. The maximum atomic E-state index is 14.2. The lowest BCUT2D eigenvalue weighted by Gasteiger charge is -2.41. The number of nitrogens with zero attached hydrogens (tertiary/aromatic N) is 2. The zero-order valence-corrected chi connectivity index (χ0v) is 32.8. The number of fused-ring (bicyclic) bond motifs is 2. The molecular weight excluding hydrogens is 662 g/mol. The summed E-state index contributed by atoms with van der Waals surface area (Å²) >= 11 is 0. The van der Waals surface area contributed by atoms with E-state index in [4.69, 9.17) is 9.47 Å². The Bertz CT molecular complexity index is 1350. The lowest BCUT2D eigenvalue weighted by molar-refractivity contribution is -0.148. The van der Waals surface area contributed by atoms with Gasteiger partial charge in [0, 0.05) is 33.9 Å². The SMILES string of the molecule is CC[C@H](C)[C@@H]([C@@H](CC(=O)N1CCCC1[C@H](OC)[C@@H](C)C(=O)N[C@H](C)[C@@H](O)c1ccccc1)OC)N(C)C(=O)C(NC(=O)[C@H]1N[C@@H]2CC[C@H]1C2)C(C)C. The Kier molecular flexibility index (Phi) is 15.1. The lowest BCUT2D eigenvalue weighted by atomic mass is 9.89. The van der Waals surface area contributed by atoms with Crippen LogP contribution >= 0.6 is 0 Å². The second kappa shape index (κ2) is 18.8. The summed E-state index contributed by atoms with van der Waals surface area (Å²) in [6.07, 6.45) is 3.34. The van der Waals surface area contributed by atoms with Crippen LogP contribution in [-0.4, -0.2) is 115 Å². The molecule has 0 spiro atoms. The summed E-state index contributed by atoms with van der Waals surface area (Å²) < 4.78 is 11.9. The minimum absolute atomic E-state index is 0.000454. The van der Waals surface area contributed by atoms with Crippen LogP contribution in [0.3, 0.4) is 0 Å². The van der Waals surface area contributed by atoms with Crippen LogP contribution in [0, 0.1) is 23.7 Å². The second-order valence-corrected chi connectivity index (χ2v) is 15.9. The molecule has 4 amide bonds. The van der Waals surface area contributed by atoms with Crippen molar-refractivity contribution >= 4 is 23.6 Å². The molecule has 12 nitrogen and oxygen atoms in total. The third-order valence-corrected chi connectivity index (χ3v) is 12.1. The van der Waals surface area contributed by atoms with Crippen molar-refractivity contribution in [3.05, 3.63) is 35.9 Å². The Balaban J connectivity index is 1.44. The predicted octanol–water partition coefficient (Wildman–Crippen LogP) is 3.43. The molecule has 12 atom stereocenters. The molecule has 2 aliphatic heterocycles. The van der Waals surface area contributed by atoms with Crippen LogP contribution in [-0.2, 0) is 28.7 Å². The molecule has 1 aromatic carbocycles. The van der Waals surface area contributed by atoms with Gasteiger partial charge in [-0.1, -0.05) is 71.4 Å². The molecule has 1 aromatic rings. The van der Waals surface area contributed by atoms with Gasteiger partial charge in [-0.05, 0) is 62.3 Å². The van der Waals surface area contributed by atoms with Crippen molar-refractivity contribution in [2.75, 3.05) is 27.8 Å². The highest BCUT2D eigenvalue weighted by Crippen LogP contribution is 2.35. The first kappa shape index (κ1) is 41.7. The van der Waals surface area contributed by atoms with Gasteiger partial charge in [0.15, 0.2) is 0 Å². The number of methoxy groups -OCH3 is 2. The van der Waals surface area contributed by atoms with Gasteiger partial charge < -0.3 is 40.3 Å². The highest BCUT2D eigenvalue weighted by Gasteiger charge is 2.46. The average molecular weight is 728 g/mol. The number of hydrogen-bond donors (Lipinski definition) is 4. The fraction of sp³-hybridized carbons (Fsp3) is 0.750. The summed E-state index contributed by atoms with van der Waals surface area (Å²) in [7, 11) is 4.89. The third-order valence-electron chi connectivity index (χ3n) is 12.1. The minimum Gasteiger partial charge on any atom is -0.386 e. The Morgan fingerprint density at radius 1 is 1.00 bits per heavy atom. The van der Waals surface area contributed by atoms with Gasteiger partial charge in [-0.3, -0.25) is 19.2 Å². The minimum atomic E-state index is -0.871. The summed E-state index contributed by atoms with van der Waals surface area (Å²) in [5, 5.41) is 20.3. The van der Waals surface area contributed by atoms with Crippen molar-refractivity contribution in [2.24, 2.45) is 23.7 Å². The maximum Gasteiger partial charge on any atom is 0.245 e. The van der Waals surface area contributed by atoms with Crippen molar-refractivity contribution < 1.29 is 33.8 Å². The number of ether oxygens (including phenoxy) is 2. The van der Waals surface area contributed by atoms with E-state index in [9.17, 15) is 24.3 Å². The number of rotatable bonds is 18. The van der Waals surface area contributed by atoms with E-state index >= 15 is 0 Å². The first-order chi connectivity index (χ1) is 24.7. The van der Waals surface area contributed by atoms with Crippen LogP contribution in [0.1, 0.15) is 98.2 Å². The molecule has 4 rings (SSSR count). The Morgan fingerprint density at radius 2 is 1.69 bits per heavy atom. The van der Waals surface area contributed by atoms with Crippen molar-refractivity contribution in [1.82, 2.24) is 25.8 Å². The first-order valence-electron chi connectivity index (χ1n) is 19.4. The molecule has 2 bridgehead atoms. The summed E-state index contributed by atoms with van der Waals surface area (Å²) in [5.41, 5.74) is 0.715. The van der Waals surface area contributed by atoms with Crippen molar-refractivity contribution in [3.63, 3.8) is 0 Å². The van der Waals surface area contributed by atoms with Gasteiger partial charge in [0.1, 0.15) is 6.04 Å². The van der Waals surface area contributed by atoms with Crippen molar-refractivity contribution in [3.8, 4) is 0 Å². The van der Waals surface area contributed by atoms with Gasteiger partial charge in [-0.15, -0.1) is 0 Å². The van der Waals surface area contributed by atoms with Gasteiger partial charge in [0.05, 0.1) is 54.8 Å². The van der Waals surface area contributed by atoms with Gasteiger partial charge in [0.2, 0.25) is 23.6 Å². The highest BCUT2D eigenvalue weighted by molar-refractivity contribution is 5.90. The van der Waals surface area contributed by atoms with Gasteiger partial charge >= 0.3 is 0 Å². The first-order valence-corrected chi connectivity index (χ1v) is 19.4. The summed E-state index contributed by atoms with van der Waals surface area (Å²) in [6.45, 7) is 12.1. The van der Waals surface area contributed by atoms with E-state index in [0.29, 0.717) is 30.5 Å². The van der Waals surface area contributed by atoms with E-state index in [1.54, 1.807) is 44.9 Å². The van der Waals surface area contributed by atoms with E-state index in [-0.39, 0.29) is 54.0 Å².